The van der Waals surface area contributed by atoms with E-state index in [1.807, 2.05) is 13.8 Å². The molecular weight excluding hydrogens is 252 g/mol. The Labute approximate surface area is 114 Å². The fourth-order valence-electron chi connectivity index (χ4n) is 1.07. The van der Waals surface area contributed by atoms with Gasteiger partial charge in [-0.05, 0) is 0 Å². The standard InChI is InChI=1S/C11H18O4S.C2H6/c1-4-8(12)6-10(9(13)5-2)16-7-11(14)15-3;1-2/h10H,4-7H2,1-3H3;1-2H3. The predicted octanol–water partition coefficient (Wildman–Crippen LogP) is 2.64. The summed E-state index contributed by atoms with van der Waals surface area (Å²) in [4.78, 5) is 33.8. The van der Waals surface area contributed by atoms with Crippen LogP contribution in [0.3, 0.4) is 0 Å². The van der Waals surface area contributed by atoms with Crippen LogP contribution in [0.5, 0.6) is 0 Å². The molecule has 0 aromatic carbocycles. The van der Waals surface area contributed by atoms with Gasteiger partial charge in [-0.25, -0.2) is 0 Å². The second-order valence-electron chi connectivity index (χ2n) is 3.29. The molecule has 1 atom stereocenters. The SMILES string of the molecule is CC.CCC(=O)CC(SCC(=O)OC)C(=O)CC. The summed E-state index contributed by atoms with van der Waals surface area (Å²) in [5.41, 5.74) is 0. The highest BCUT2D eigenvalue weighted by molar-refractivity contribution is 8.01. The summed E-state index contributed by atoms with van der Waals surface area (Å²) in [5, 5.41) is -0.406. The highest BCUT2D eigenvalue weighted by Crippen LogP contribution is 2.18. The minimum absolute atomic E-state index is 0.00991. The van der Waals surface area contributed by atoms with E-state index in [1.165, 1.54) is 18.9 Å². The number of carbonyl (C=O) groups is 3. The van der Waals surface area contributed by atoms with Gasteiger partial charge in [-0.1, -0.05) is 27.7 Å². The largest absolute Gasteiger partial charge is 0.468 e. The number of Topliss-reactive ketones (excluding diaryl/α,β-unsaturated/α-hetero) is 2. The summed E-state index contributed by atoms with van der Waals surface area (Å²) in [6.45, 7) is 7.52. The van der Waals surface area contributed by atoms with Gasteiger partial charge >= 0.3 is 5.97 Å². The maximum Gasteiger partial charge on any atom is 0.315 e. The fourth-order valence-corrected chi connectivity index (χ4v) is 2.18. The van der Waals surface area contributed by atoms with Crippen molar-refractivity contribution < 1.29 is 19.1 Å². The Morgan fingerprint density at radius 1 is 1.11 bits per heavy atom. The van der Waals surface area contributed by atoms with Crippen LogP contribution in [0, 0.1) is 0 Å². The van der Waals surface area contributed by atoms with Gasteiger partial charge < -0.3 is 4.74 Å². The number of ether oxygens (including phenoxy) is 1. The third kappa shape index (κ3) is 9.22. The first-order chi connectivity index (χ1) is 8.54. The van der Waals surface area contributed by atoms with Gasteiger partial charge in [0.25, 0.3) is 0 Å². The molecule has 4 nitrogen and oxygen atoms in total. The Balaban J connectivity index is 0. The average molecular weight is 276 g/mol. The fraction of sp³-hybridized carbons (Fsp3) is 0.769. The zero-order chi connectivity index (χ0) is 14.6. The molecule has 0 saturated carbocycles. The first-order valence-corrected chi connectivity index (χ1v) is 7.32. The summed E-state index contributed by atoms with van der Waals surface area (Å²) in [5.74, 6) is -0.202. The third-order valence-corrected chi connectivity index (χ3v) is 3.38. The van der Waals surface area contributed by atoms with Crippen molar-refractivity contribution in [2.24, 2.45) is 0 Å². The Morgan fingerprint density at radius 3 is 2.06 bits per heavy atom. The van der Waals surface area contributed by atoms with Crippen LogP contribution in [0.25, 0.3) is 0 Å². The zero-order valence-corrected chi connectivity index (χ0v) is 12.8. The maximum atomic E-state index is 11.5. The number of methoxy groups -OCH3 is 1. The van der Waals surface area contributed by atoms with Crippen molar-refractivity contribution in [1.29, 1.82) is 0 Å². The number of carbonyl (C=O) groups excluding carboxylic acids is 3. The lowest BCUT2D eigenvalue weighted by Gasteiger charge is -2.12. The minimum Gasteiger partial charge on any atom is -0.468 e. The van der Waals surface area contributed by atoms with Crippen LogP contribution in [-0.2, 0) is 19.1 Å². The number of ketones is 2. The second kappa shape index (κ2) is 12.6. The summed E-state index contributed by atoms with van der Waals surface area (Å²) in [7, 11) is 1.30. The molecule has 0 amide bonds. The molecule has 5 heteroatoms. The molecule has 0 N–H and O–H groups in total. The highest BCUT2D eigenvalue weighted by atomic mass is 32.2. The Bertz CT molecular complexity index is 264. The van der Waals surface area contributed by atoms with Crippen molar-refractivity contribution in [3.8, 4) is 0 Å². The van der Waals surface area contributed by atoms with E-state index in [-0.39, 0.29) is 29.7 Å². The molecule has 106 valence electrons. The van der Waals surface area contributed by atoms with Crippen LogP contribution in [0.2, 0.25) is 0 Å². The van der Waals surface area contributed by atoms with E-state index in [0.717, 1.165) is 0 Å². The summed E-state index contributed by atoms with van der Waals surface area (Å²) in [6.07, 6.45) is 1.02. The molecule has 0 radical (unpaired) electrons. The van der Waals surface area contributed by atoms with Crippen molar-refractivity contribution in [2.75, 3.05) is 12.9 Å². The maximum absolute atomic E-state index is 11.5. The van der Waals surface area contributed by atoms with Gasteiger partial charge in [0, 0.05) is 19.3 Å². The van der Waals surface area contributed by atoms with Gasteiger partial charge in [-0.15, -0.1) is 11.8 Å². The lowest BCUT2D eigenvalue weighted by Crippen LogP contribution is -2.22. The van der Waals surface area contributed by atoms with Crippen LogP contribution in [-0.4, -0.2) is 35.6 Å². The molecule has 0 fully saturated rings. The molecule has 0 heterocycles. The first-order valence-electron chi connectivity index (χ1n) is 6.27. The molecule has 0 aliphatic rings. The molecule has 1 unspecified atom stereocenters. The Hall–Kier alpha value is -0.840. The predicted molar refractivity (Wildman–Crippen MR) is 74.8 cm³/mol. The van der Waals surface area contributed by atoms with E-state index >= 15 is 0 Å². The highest BCUT2D eigenvalue weighted by Gasteiger charge is 2.21. The van der Waals surface area contributed by atoms with Gasteiger partial charge in [0.05, 0.1) is 18.1 Å². The van der Waals surface area contributed by atoms with Gasteiger partial charge in [-0.3, -0.25) is 14.4 Å². The van der Waals surface area contributed by atoms with Crippen LogP contribution < -0.4 is 0 Å². The zero-order valence-electron chi connectivity index (χ0n) is 11.9. The molecule has 0 saturated heterocycles. The molecule has 0 rings (SSSR count). The van der Waals surface area contributed by atoms with Crippen LogP contribution in [0.4, 0.5) is 0 Å². The van der Waals surface area contributed by atoms with Crippen molar-refractivity contribution in [2.45, 2.75) is 52.2 Å². The molecule has 0 bridgehead atoms. The smallest absolute Gasteiger partial charge is 0.315 e. The van der Waals surface area contributed by atoms with Crippen molar-refractivity contribution in [3.63, 3.8) is 0 Å². The molecule has 0 aliphatic heterocycles. The lowest BCUT2D eigenvalue weighted by atomic mass is 10.1. The van der Waals surface area contributed by atoms with Gasteiger partial charge in [0.2, 0.25) is 0 Å². The van der Waals surface area contributed by atoms with Crippen LogP contribution >= 0.6 is 11.8 Å². The Morgan fingerprint density at radius 2 is 1.67 bits per heavy atom. The van der Waals surface area contributed by atoms with Crippen LogP contribution in [0.1, 0.15) is 47.0 Å². The second-order valence-corrected chi connectivity index (χ2v) is 4.48. The number of hydrogen-bond donors (Lipinski definition) is 0. The van der Waals surface area contributed by atoms with E-state index in [9.17, 15) is 14.4 Å². The van der Waals surface area contributed by atoms with Crippen molar-refractivity contribution in [3.05, 3.63) is 0 Å². The van der Waals surface area contributed by atoms with Crippen LogP contribution in [0.15, 0.2) is 0 Å². The number of rotatable bonds is 8. The normalized spacial score (nSPS) is 10.9. The topological polar surface area (TPSA) is 60.4 Å². The van der Waals surface area contributed by atoms with Gasteiger partial charge in [0.15, 0.2) is 0 Å². The van der Waals surface area contributed by atoms with Crippen molar-refractivity contribution in [1.82, 2.24) is 0 Å². The number of esters is 1. The van der Waals surface area contributed by atoms with Gasteiger partial charge in [0.1, 0.15) is 11.6 Å². The molecular formula is C13H24O4S. The molecule has 0 aromatic heterocycles. The van der Waals surface area contributed by atoms with E-state index < -0.39 is 5.25 Å². The monoisotopic (exact) mass is 276 g/mol. The minimum atomic E-state index is -0.406. The molecule has 0 aromatic rings. The average Bonchev–Trinajstić information content (AvgIpc) is 2.43. The molecule has 0 aliphatic carbocycles. The summed E-state index contributed by atoms with van der Waals surface area (Å²) >= 11 is 1.19. The molecule has 0 spiro atoms. The van der Waals surface area contributed by atoms with Gasteiger partial charge in [-0.2, -0.15) is 0 Å². The lowest BCUT2D eigenvalue weighted by molar-refractivity contribution is -0.137. The van der Waals surface area contributed by atoms with E-state index in [0.29, 0.717) is 12.8 Å². The molecule has 18 heavy (non-hydrogen) atoms. The van der Waals surface area contributed by atoms with E-state index in [1.54, 1.807) is 13.8 Å². The number of thioether (sulfide) groups is 1. The summed E-state index contributed by atoms with van der Waals surface area (Å²) < 4.78 is 4.49. The first kappa shape index (κ1) is 19.5. The quantitative estimate of drug-likeness (QED) is 0.638. The Kier molecular flexibility index (Phi) is 13.7. The number of hydrogen-bond acceptors (Lipinski definition) is 5. The van der Waals surface area contributed by atoms with Crippen molar-refractivity contribution >= 4 is 29.3 Å². The van der Waals surface area contributed by atoms with E-state index in [4.69, 9.17) is 0 Å². The third-order valence-electron chi connectivity index (χ3n) is 2.15. The summed E-state index contributed by atoms with van der Waals surface area (Å²) in [6, 6.07) is 0. The van der Waals surface area contributed by atoms with E-state index in [2.05, 4.69) is 4.74 Å².